The molecule has 144 valence electrons. The van der Waals surface area contributed by atoms with Crippen LogP contribution in [0.1, 0.15) is 0 Å². The summed E-state index contributed by atoms with van der Waals surface area (Å²) in [6.07, 6.45) is 7.41. The second-order valence-corrected chi connectivity index (χ2v) is 7.25. The van der Waals surface area contributed by atoms with Gasteiger partial charge in [-0.25, -0.2) is 4.98 Å². The lowest BCUT2D eigenvalue weighted by Gasteiger charge is -2.27. The van der Waals surface area contributed by atoms with Gasteiger partial charge in [-0.3, -0.25) is 14.5 Å². The van der Waals surface area contributed by atoms with Crippen LogP contribution in [0, 0.1) is 4.77 Å². The van der Waals surface area contributed by atoms with Crippen LogP contribution in [0.25, 0.3) is 11.4 Å². The molecule has 0 saturated carbocycles. The maximum atomic E-state index is 5.71. The van der Waals surface area contributed by atoms with E-state index in [0.717, 1.165) is 49.0 Å². The average Bonchev–Trinajstić information content (AvgIpc) is 3.06. The van der Waals surface area contributed by atoms with Gasteiger partial charge in [0.25, 0.3) is 5.82 Å². The molecule has 0 radical (unpaired) electrons. The highest BCUT2D eigenvalue weighted by molar-refractivity contribution is 7.71. The number of H-pyrrole nitrogens is 1. The van der Waals surface area contributed by atoms with Crippen LogP contribution in [0.4, 0.5) is 5.82 Å². The Labute approximate surface area is 169 Å². The molecular formula is C20H25N7S+2. The summed E-state index contributed by atoms with van der Waals surface area (Å²) in [7, 11) is 0. The Balaban J connectivity index is 1.50. The van der Waals surface area contributed by atoms with Crippen LogP contribution in [0.5, 0.6) is 0 Å². The first-order valence-corrected chi connectivity index (χ1v) is 9.91. The molecule has 4 heterocycles. The summed E-state index contributed by atoms with van der Waals surface area (Å²) >= 11 is 5.71. The maximum Gasteiger partial charge on any atom is 0.274 e. The van der Waals surface area contributed by atoms with Gasteiger partial charge in [-0.2, -0.15) is 4.68 Å². The van der Waals surface area contributed by atoms with Crippen molar-refractivity contribution < 1.29 is 9.88 Å². The van der Waals surface area contributed by atoms with Gasteiger partial charge in [0.15, 0.2) is 12.5 Å². The molecule has 0 aromatic carbocycles. The fourth-order valence-electron chi connectivity index (χ4n) is 3.56. The van der Waals surface area contributed by atoms with E-state index < -0.39 is 0 Å². The van der Waals surface area contributed by atoms with Gasteiger partial charge >= 0.3 is 0 Å². The molecule has 3 aromatic heterocycles. The highest BCUT2D eigenvalue weighted by Crippen LogP contribution is 2.17. The molecule has 1 fully saturated rings. The van der Waals surface area contributed by atoms with Crippen molar-refractivity contribution in [2.75, 3.05) is 31.1 Å². The van der Waals surface area contributed by atoms with Crippen LogP contribution in [-0.2, 0) is 13.2 Å². The Kier molecular flexibility index (Phi) is 5.59. The first-order chi connectivity index (χ1) is 13.8. The van der Waals surface area contributed by atoms with E-state index in [-0.39, 0.29) is 0 Å². The molecule has 0 unspecified atom stereocenters. The minimum atomic E-state index is 0.635. The molecule has 1 saturated heterocycles. The first kappa shape index (κ1) is 18.5. The van der Waals surface area contributed by atoms with Gasteiger partial charge in [0, 0.05) is 30.6 Å². The van der Waals surface area contributed by atoms with Crippen molar-refractivity contribution in [3.05, 3.63) is 66.3 Å². The number of nitrogens with one attached hydrogen (secondary N) is 2. The SMILES string of the molecule is C=CCn1c(-c2cccnc2)nn(C[NH+]2CCN(c3cccc[nH+]3)CC2)c1=S. The molecule has 0 atom stereocenters. The molecule has 1 aliphatic heterocycles. The molecule has 0 aliphatic carbocycles. The van der Waals surface area contributed by atoms with Gasteiger partial charge in [-0.05, 0) is 30.4 Å². The van der Waals surface area contributed by atoms with Crippen molar-refractivity contribution in [3.8, 4) is 11.4 Å². The second-order valence-electron chi connectivity index (χ2n) is 6.89. The molecule has 4 rings (SSSR count). The van der Waals surface area contributed by atoms with Gasteiger partial charge in [0.1, 0.15) is 26.2 Å². The fourth-order valence-corrected chi connectivity index (χ4v) is 3.83. The van der Waals surface area contributed by atoms with E-state index in [1.807, 2.05) is 45.9 Å². The van der Waals surface area contributed by atoms with E-state index in [2.05, 4.69) is 33.6 Å². The van der Waals surface area contributed by atoms with E-state index >= 15 is 0 Å². The molecule has 3 aromatic rings. The van der Waals surface area contributed by atoms with Crippen LogP contribution in [0.2, 0.25) is 0 Å². The lowest BCUT2D eigenvalue weighted by Crippen LogP contribution is -3.14. The molecule has 0 bridgehead atoms. The summed E-state index contributed by atoms with van der Waals surface area (Å²) in [6, 6.07) is 10.1. The Morgan fingerprint density at radius 3 is 2.75 bits per heavy atom. The van der Waals surface area contributed by atoms with Crippen LogP contribution >= 0.6 is 12.2 Å². The van der Waals surface area contributed by atoms with E-state index in [1.165, 1.54) is 10.7 Å². The molecule has 7 nitrogen and oxygen atoms in total. The van der Waals surface area contributed by atoms with Crippen molar-refractivity contribution in [2.24, 2.45) is 0 Å². The zero-order valence-electron chi connectivity index (χ0n) is 15.8. The van der Waals surface area contributed by atoms with Crippen LogP contribution < -0.4 is 14.8 Å². The molecule has 28 heavy (non-hydrogen) atoms. The largest absolute Gasteiger partial charge is 0.310 e. The quantitative estimate of drug-likeness (QED) is 0.496. The standard InChI is InChI=1S/C20H23N7S/c1-2-10-26-19(17-6-5-8-21-15-17)23-27(20(26)28)16-24-11-13-25(14-12-24)18-7-3-4-9-22-18/h2-9,15H,1,10-14,16H2/p+2. The first-order valence-electron chi connectivity index (χ1n) is 9.50. The number of quaternary nitrogens is 1. The van der Waals surface area contributed by atoms with Gasteiger partial charge in [-0.15, -0.1) is 11.7 Å². The third kappa shape index (κ3) is 3.88. The molecular weight excluding hydrogens is 370 g/mol. The summed E-state index contributed by atoms with van der Waals surface area (Å²) in [5, 5.41) is 4.82. The number of hydrogen-bond donors (Lipinski definition) is 1. The number of pyridine rings is 2. The zero-order valence-corrected chi connectivity index (χ0v) is 16.6. The highest BCUT2D eigenvalue weighted by atomic mass is 32.1. The monoisotopic (exact) mass is 395 g/mol. The van der Waals surface area contributed by atoms with Gasteiger partial charge in [-0.1, -0.05) is 12.1 Å². The van der Waals surface area contributed by atoms with Gasteiger partial charge in [0.05, 0.1) is 6.20 Å². The van der Waals surface area contributed by atoms with Gasteiger partial charge in [0.2, 0.25) is 4.77 Å². The molecule has 1 aliphatic rings. The second kappa shape index (κ2) is 8.45. The molecule has 2 N–H and O–H groups in total. The normalized spacial score (nSPS) is 14.9. The number of piperazine rings is 1. The van der Waals surface area contributed by atoms with Crippen LogP contribution in [-0.4, -0.2) is 45.5 Å². The summed E-state index contributed by atoms with van der Waals surface area (Å²) < 4.78 is 4.69. The van der Waals surface area contributed by atoms with E-state index in [9.17, 15) is 0 Å². The number of rotatable bonds is 6. The van der Waals surface area contributed by atoms with Gasteiger partial charge < -0.3 is 4.90 Å². The lowest BCUT2D eigenvalue weighted by atomic mass is 10.3. The number of aromatic nitrogens is 5. The van der Waals surface area contributed by atoms with Crippen LogP contribution in [0.3, 0.4) is 0 Å². The fraction of sp³-hybridized carbons (Fsp3) is 0.300. The van der Waals surface area contributed by atoms with Crippen molar-refractivity contribution >= 4 is 18.0 Å². The minimum absolute atomic E-state index is 0.635. The van der Waals surface area contributed by atoms with E-state index in [1.54, 1.807) is 6.20 Å². The van der Waals surface area contributed by atoms with E-state index in [4.69, 9.17) is 17.3 Å². The Bertz CT molecular complexity index is 973. The predicted octanol–water partition coefficient (Wildman–Crippen LogP) is 0.839. The number of anilines is 1. The number of nitrogens with zero attached hydrogens (tertiary/aromatic N) is 5. The van der Waals surface area contributed by atoms with E-state index in [0.29, 0.717) is 6.54 Å². The summed E-state index contributed by atoms with van der Waals surface area (Å²) in [5.41, 5.74) is 0.966. The number of aromatic amines is 1. The summed E-state index contributed by atoms with van der Waals surface area (Å²) in [5.74, 6) is 2.02. The number of allylic oxidation sites excluding steroid dienone is 1. The van der Waals surface area contributed by atoms with Crippen molar-refractivity contribution in [2.45, 2.75) is 13.2 Å². The Hall–Kier alpha value is -2.84. The third-order valence-electron chi connectivity index (χ3n) is 5.03. The summed E-state index contributed by atoms with van der Waals surface area (Å²) in [6.45, 7) is 9.36. The smallest absolute Gasteiger partial charge is 0.274 e. The highest BCUT2D eigenvalue weighted by Gasteiger charge is 2.26. The Morgan fingerprint density at radius 2 is 2.07 bits per heavy atom. The minimum Gasteiger partial charge on any atom is -0.310 e. The molecule has 0 amide bonds. The Morgan fingerprint density at radius 1 is 1.21 bits per heavy atom. The lowest BCUT2D eigenvalue weighted by molar-refractivity contribution is -0.924. The third-order valence-corrected chi connectivity index (χ3v) is 5.46. The van der Waals surface area contributed by atoms with Crippen LogP contribution in [0.15, 0.2) is 61.6 Å². The van der Waals surface area contributed by atoms with Crippen molar-refractivity contribution in [1.82, 2.24) is 19.3 Å². The predicted molar refractivity (Wildman–Crippen MR) is 110 cm³/mol. The van der Waals surface area contributed by atoms with Crippen molar-refractivity contribution in [3.63, 3.8) is 0 Å². The zero-order chi connectivity index (χ0) is 19.3. The topological polar surface area (TPSA) is 57.5 Å². The molecule has 8 heteroatoms. The molecule has 0 spiro atoms. The summed E-state index contributed by atoms with van der Waals surface area (Å²) in [4.78, 5) is 11.4. The average molecular weight is 396 g/mol. The van der Waals surface area contributed by atoms with Crippen molar-refractivity contribution in [1.29, 1.82) is 0 Å². The number of hydrogen-bond acceptors (Lipinski definition) is 4. The maximum absolute atomic E-state index is 5.71.